The van der Waals surface area contributed by atoms with Crippen molar-refractivity contribution >= 4 is 5.97 Å². The van der Waals surface area contributed by atoms with Crippen LogP contribution in [0.25, 0.3) is 0 Å². The molecule has 0 radical (unpaired) electrons. The molecule has 0 saturated carbocycles. The largest absolute Gasteiger partial charge is 0.508 e. The lowest BCUT2D eigenvalue weighted by Gasteiger charge is -2.39. The number of nitrogens with zero attached hydrogens (tertiary/aromatic N) is 1. The zero-order valence-electron chi connectivity index (χ0n) is 11.3. The van der Waals surface area contributed by atoms with E-state index >= 15 is 0 Å². The fourth-order valence-corrected chi connectivity index (χ4v) is 2.59. The van der Waals surface area contributed by atoms with Gasteiger partial charge in [-0.15, -0.1) is 0 Å². The first-order valence-corrected chi connectivity index (χ1v) is 6.52. The molecule has 0 spiro atoms. The van der Waals surface area contributed by atoms with Crippen LogP contribution in [0.3, 0.4) is 0 Å². The maximum Gasteiger partial charge on any atom is 0.305 e. The Hall–Kier alpha value is -1.66. The van der Waals surface area contributed by atoms with Crippen molar-refractivity contribution in [3.05, 3.63) is 29.6 Å². The highest BCUT2D eigenvalue weighted by Crippen LogP contribution is 2.29. The Bertz CT molecular complexity index is 494. The molecule has 2 atom stereocenters. The van der Waals surface area contributed by atoms with Gasteiger partial charge in [0.2, 0.25) is 0 Å². The Labute approximate surface area is 116 Å². The van der Waals surface area contributed by atoms with Crippen molar-refractivity contribution in [2.75, 3.05) is 19.8 Å². The zero-order chi connectivity index (χ0) is 14.7. The Morgan fingerprint density at radius 1 is 1.60 bits per heavy atom. The number of aromatic hydroxyl groups is 1. The van der Waals surface area contributed by atoms with Gasteiger partial charge in [-0.05, 0) is 13.0 Å². The Balaban J connectivity index is 2.20. The lowest BCUT2D eigenvalue weighted by Crippen LogP contribution is -2.47. The molecule has 0 amide bonds. The van der Waals surface area contributed by atoms with Crippen molar-refractivity contribution in [1.82, 2.24) is 4.90 Å². The van der Waals surface area contributed by atoms with E-state index in [0.717, 1.165) is 6.07 Å². The molecule has 2 unspecified atom stereocenters. The first kappa shape index (κ1) is 14.7. The molecule has 6 heteroatoms. The third-order valence-corrected chi connectivity index (χ3v) is 3.61. The van der Waals surface area contributed by atoms with E-state index in [1.165, 1.54) is 12.1 Å². The predicted molar refractivity (Wildman–Crippen MR) is 70.0 cm³/mol. The van der Waals surface area contributed by atoms with E-state index in [-0.39, 0.29) is 24.3 Å². The molecule has 1 aromatic rings. The molecule has 1 aliphatic heterocycles. The third kappa shape index (κ3) is 3.26. The number of ether oxygens (including phenoxy) is 1. The van der Waals surface area contributed by atoms with Crippen molar-refractivity contribution < 1.29 is 24.1 Å². The standard InChI is InChI=1S/C14H18FNO4/c1-9(12-3-2-11(17)7-13(12)15)16-4-5-20-8-10(16)6-14(18)19/h2-3,7,9-10,17H,4-6,8H2,1H3,(H,18,19). The maximum atomic E-state index is 13.9. The summed E-state index contributed by atoms with van der Waals surface area (Å²) in [6.07, 6.45) is -0.0377. The quantitative estimate of drug-likeness (QED) is 0.881. The summed E-state index contributed by atoms with van der Waals surface area (Å²) in [6.45, 7) is 3.21. The minimum absolute atomic E-state index is 0.0377. The highest BCUT2D eigenvalue weighted by Gasteiger charge is 2.30. The zero-order valence-corrected chi connectivity index (χ0v) is 11.3. The van der Waals surface area contributed by atoms with Gasteiger partial charge in [0.25, 0.3) is 0 Å². The van der Waals surface area contributed by atoms with Crippen LogP contribution in [0, 0.1) is 5.82 Å². The molecule has 1 fully saturated rings. The number of phenolic OH excluding ortho intramolecular Hbond substituents is 1. The second-order valence-electron chi connectivity index (χ2n) is 4.95. The summed E-state index contributed by atoms with van der Waals surface area (Å²) in [5, 5.41) is 18.2. The number of carboxylic acids is 1. The Morgan fingerprint density at radius 2 is 2.35 bits per heavy atom. The number of phenols is 1. The van der Waals surface area contributed by atoms with Crippen LogP contribution >= 0.6 is 0 Å². The van der Waals surface area contributed by atoms with Crippen LogP contribution in [0.15, 0.2) is 18.2 Å². The fourth-order valence-electron chi connectivity index (χ4n) is 2.59. The van der Waals surface area contributed by atoms with Crippen LogP contribution in [0.2, 0.25) is 0 Å². The summed E-state index contributed by atoms with van der Waals surface area (Å²) in [5.74, 6) is -1.51. The second-order valence-corrected chi connectivity index (χ2v) is 4.95. The van der Waals surface area contributed by atoms with E-state index in [1.807, 2.05) is 11.8 Å². The van der Waals surface area contributed by atoms with Crippen molar-refractivity contribution in [1.29, 1.82) is 0 Å². The lowest BCUT2D eigenvalue weighted by atomic mass is 10.0. The van der Waals surface area contributed by atoms with E-state index in [2.05, 4.69) is 0 Å². The van der Waals surface area contributed by atoms with Gasteiger partial charge in [-0.2, -0.15) is 0 Å². The van der Waals surface area contributed by atoms with E-state index in [9.17, 15) is 14.3 Å². The molecule has 0 aromatic heterocycles. The molecule has 1 saturated heterocycles. The van der Waals surface area contributed by atoms with Gasteiger partial charge in [0, 0.05) is 30.3 Å². The third-order valence-electron chi connectivity index (χ3n) is 3.61. The summed E-state index contributed by atoms with van der Waals surface area (Å²) < 4.78 is 19.2. The number of carboxylic acid groups (broad SMARTS) is 1. The number of carbonyl (C=O) groups is 1. The summed E-state index contributed by atoms with van der Waals surface area (Å²) >= 11 is 0. The summed E-state index contributed by atoms with van der Waals surface area (Å²) in [4.78, 5) is 12.8. The molecule has 2 N–H and O–H groups in total. The smallest absolute Gasteiger partial charge is 0.305 e. The van der Waals surface area contributed by atoms with E-state index in [4.69, 9.17) is 9.84 Å². The van der Waals surface area contributed by atoms with Gasteiger partial charge in [-0.1, -0.05) is 6.07 Å². The van der Waals surface area contributed by atoms with Crippen LogP contribution in [-0.2, 0) is 9.53 Å². The normalized spacial score (nSPS) is 21.6. The Kier molecular flexibility index (Phi) is 4.57. The maximum absolute atomic E-state index is 13.9. The molecule has 0 aliphatic carbocycles. The molecule has 1 aromatic carbocycles. The van der Waals surface area contributed by atoms with Crippen molar-refractivity contribution in [2.24, 2.45) is 0 Å². The molecule has 0 bridgehead atoms. The van der Waals surface area contributed by atoms with Gasteiger partial charge in [0.1, 0.15) is 11.6 Å². The van der Waals surface area contributed by atoms with Gasteiger partial charge in [-0.25, -0.2) is 4.39 Å². The lowest BCUT2D eigenvalue weighted by molar-refractivity contribution is -0.140. The molecular formula is C14H18FNO4. The van der Waals surface area contributed by atoms with Crippen LogP contribution in [-0.4, -0.2) is 46.9 Å². The van der Waals surface area contributed by atoms with Crippen molar-refractivity contribution in [3.8, 4) is 5.75 Å². The van der Waals surface area contributed by atoms with Gasteiger partial charge in [-0.3, -0.25) is 9.69 Å². The number of aliphatic carboxylic acids is 1. The molecule has 110 valence electrons. The minimum Gasteiger partial charge on any atom is -0.508 e. The van der Waals surface area contributed by atoms with E-state index in [1.54, 1.807) is 0 Å². The van der Waals surface area contributed by atoms with Crippen LogP contribution < -0.4 is 0 Å². The SMILES string of the molecule is CC(c1ccc(O)cc1F)N1CCOCC1CC(=O)O. The predicted octanol–water partition coefficient (Wildman–Crippen LogP) is 1.77. The number of hydrogen-bond donors (Lipinski definition) is 2. The van der Waals surface area contributed by atoms with Crippen LogP contribution in [0.1, 0.15) is 24.9 Å². The fraction of sp³-hybridized carbons (Fsp3) is 0.500. The van der Waals surface area contributed by atoms with Crippen molar-refractivity contribution in [2.45, 2.75) is 25.4 Å². The summed E-state index contributed by atoms with van der Waals surface area (Å²) in [6, 6.07) is 3.48. The monoisotopic (exact) mass is 283 g/mol. The topological polar surface area (TPSA) is 70.0 Å². The first-order valence-electron chi connectivity index (χ1n) is 6.52. The second kappa shape index (κ2) is 6.19. The highest BCUT2D eigenvalue weighted by molar-refractivity contribution is 5.67. The van der Waals surface area contributed by atoms with Gasteiger partial charge in [0.15, 0.2) is 0 Å². The minimum atomic E-state index is -0.899. The van der Waals surface area contributed by atoms with Gasteiger partial charge >= 0.3 is 5.97 Å². The molecule has 1 heterocycles. The van der Waals surface area contributed by atoms with E-state index in [0.29, 0.717) is 25.3 Å². The number of morpholine rings is 1. The highest BCUT2D eigenvalue weighted by atomic mass is 19.1. The molecule has 5 nitrogen and oxygen atoms in total. The van der Waals surface area contributed by atoms with Crippen LogP contribution in [0.4, 0.5) is 4.39 Å². The average Bonchev–Trinajstić information content (AvgIpc) is 2.38. The van der Waals surface area contributed by atoms with E-state index < -0.39 is 11.8 Å². The van der Waals surface area contributed by atoms with Gasteiger partial charge in [0.05, 0.1) is 19.6 Å². The number of rotatable bonds is 4. The molecular weight excluding hydrogens is 265 g/mol. The molecule has 2 rings (SSSR count). The average molecular weight is 283 g/mol. The summed E-state index contributed by atoms with van der Waals surface area (Å²) in [7, 11) is 0. The van der Waals surface area contributed by atoms with Gasteiger partial charge < -0.3 is 14.9 Å². The van der Waals surface area contributed by atoms with Crippen molar-refractivity contribution in [3.63, 3.8) is 0 Å². The van der Waals surface area contributed by atoms with Crippen LogP contribution in [0.5, 0.6) is 5.75 Å². The molecule has 1 aliphatic rings. The Morgan fingerprint density at radius 3 is 3.00 bits per heavy atom. The number of benzene rings is 1. The summed E-state index contributed by atoms with van der Waals surface area (Å²) in [5.41, 5.74) is 0.445. The number of hydrogen-bond acceptors (Lipinski definition) is 4. The first-order chi connectivity index (χ1) is 9.49. The number of halogens is 1. The molecule has 20 heavy (non-hydrogen) atoms.